The molecule has 20 heavy (non-hydrogen) atoms. The van der Waals surface area contributed by atoms with E-state index >= 15 is 0 Å². The Morgan fingerprint density at radius 2 is 2.20 bits per heavy atom. The fraction of sp³-hybridized carbons (Fsp3) is 0.214. The third-order valence-electron chi connectivity index (χ3n) is 2.72. The Labute approximate surface area is 115 Å². The van der Waals surface area contributed by atoms with E-state index < -0.39 is 11.9 Å². The van der Waals surface area contributed by atoms with E-state index in [9.17, 15) is 9.59 Å². The first-order valence-electron chi connectivity index (χ1n) is 6.09. The van der Waals surface area contributed by atoms with Crippen molar-refractivity contribution in [2.24, 2.45) is 0 Å². The van der Waals surface area contributed by atoms with Crippen LogP contribution in [0, 0.1) is 0 Å². The van der Waals surface area contributed by atoms with Gasteiger partial charge in [0.05, 0.1) is 11.8 Å². The van der Waals surface area contributed by atoms with Crippen molar-refractivity contribution in [1.82, 2.24) is 10.3 Å². The number of hydrogen-bond donors (Lipinski definition) is 2. The molecule has 2 aromatic heterocycles. The average molecular weight is 274 g/mol. The number of pyridine rings is 1. The van der Waals surface area contributed by atoms with Crippen LogP contribution in [0.2, 0.25) is 0 Å². The van der Waals surface area contributed by atoms with Gasteiger partial charge in [0, 0.05) is 18.7 Å². The number of aromatic nitrogens is 1. The summed E-state index contributed by atoms with van der Waals surface area (Å²) in [5.41, 5.74) is -0.207. The lowest BCUT2D eigenvalue weighted by Gasteiger charge is -2.13. The Balaban J connectivity index is 2.06. The van der Waals surface area contributed by atoms with Crippen molar-refractivity contribution >= 4 is 11.9 Å². The van der Waals surface area contributed by atoms with Gasteiger partial charge >= 0.3 is 5.97 Å². The second-order valence-corrected chi connectivity index (χ2v) is 4.36. The van der Waals surface area contributed by atoms with Gasteiger partial charge in [0.2, 0.25) is 0 Å². The number of carbonyl (C=O) groups is 2. The van der Waals surface area contributed by atoms with Crippen LogP contribution < -0.4 is 5.32 Å². The van der Waals surface area contributed by atoms with E-state index in [0.717, 1.165) is 5.76 Å². The lowest BCUT2D eigenvalue weighted by Crippen LogP contribution is -2.35. The molecule has 6 heteroatoms. The Hall–Kier alpha value is -2.63. The van der Waals surface area contributed by atoms with Crippen molar-refractivity contribution in [3.63, 3.8) is 0 Å². The highest BCUT2D eigenvalue weighted by Gasteiger charge is 2.19. The van der Waals surface area contributed by atoms with E-state index in [1.807, 2.05) is 13.0 Å². The Bertz CT molecular complexity index is 607. The van der Waals surface area contributed by atoms with Gasteiger partial charge in [0.1, 0.15) is 11.5 Å². The van der Waals surface area contributed by atoms with Crippen LogP contribution >= 0.6 is 0 Å². The van der Waals surface area contributed by atoms with Crippen LogP contribution in [0.5, 0.6) is 0 Å². The fourth-order valence-corrected chi connectivity index (χ4v) is 1.83. The Kier molecular flexibility index (Phi) is 4.14. The van der Waals surface area contributed by atoms with Gasteiger partial charge in [-0.05, 0) is 31.2 Å². The Morgan fingerprint density at radius 3 is 2.85 bits per heavy atom. The molecule has 2 aromatic rings. The third-order valence-corrected chi connectivity index (χ3v) is 2.72. The zero-order valence-electron chi connectivity index (χ0n) is 10.9. The summed E-state index contributed by atoms with van der Waals surface area (Å²) in [6.45, 7) is 1.81. The minimum absolute atomic E-state index is 0.0914. The summed E-state index contributed by atoms with van der Waals surface area (Å²) in [5, 5.41) is 11.7. The number of rotatable bonds is 5. The van der Waals surface area contributed by atoms with E-state index in [1.54, 1.807) is 12.3 Å². The summed E-state index contributed by atoms with van der Waals surface area (Å²) in [7, 11) is 0. The number of hydrogen-bond acceptors (Lipinski definition) is 4. The zero-order valence-corrected chi connectivity index (χ0v) is 10.9. The molecule has 104 valence electrons. The zero-order chi connectivity index (χ0) is 14.5. The standard InChI is InChI=1S/C14H14N2O4/c1-9(8-10-4-3-7-20-10)16-13(17)12-11(14(18)19)5-2-6-15-12/h2-7,9H,8H2,1H3,(H,16,17)(H,18,19). The van der Waals surface area contributed by atoms with Crippen molar-refractivity contribution in [2.45, 2.75) is 19.4 Å². The normalized spacial score (nSPS) is 11.8. The van der Waals surface area contributed by atoms with Crippen LogP contribution in [0.4, 0.5) is 0 Å². The second kappa shape index (κ2) is 6.01. The summed E-state index contributed by atoms with van der Waals surface area (Å²) in [6, 6.07) is 6.21. The predicted octanol–water partition coefficient (Wildman–Crippen LogP) is 1.73. The van der Waals surface area contributed by atoms with Gasteiger partial charge in [-0.15, -0.1) is 0 Å². The molecular weight excluding hydrogens is 260 g/mol. The molecule has 0 spiro atoms. The molecule has 1 amide bonds. The van der Waals surface area contributed by atoms with E-state index in [-0.39, 0.29) is 17.3 Å². The monoisotopic (exact) mass is 274 g/mol. The molecule has 0 radical (unpaired) electrons. The maximum absolute atomic E-state index is 12.0. The largest absolute Gasteiger partial charge is 0.478 e. The summed E-state index contributed by atoms with van der Waals surface area (Å²) >= 11 is 0. The van der Waals surface area contributed by atoms with Crippen molar-refractivity contribution < 1.29 is 19.1 Å². The van der Waals surface area contributed by atoms with E-state index in [1.165, 1.54) is 18.3 Å². The summed E-state index contributed by atoms with van der Waals surface area (Å²) in [4.78, 5) is 26.9. The van der Waals surface area contributed by atoms with Gasteiger partial charge < -0.3 is 14.8 Å². The first kappa shape index (κ1) is 13.8. The number of carbonyl (C=O) groups excluding carboxylic acids is 1. The molecule has 0 aromatic carbocycles. The van der Waals surface area contributed by atoms with Crippen LogP contribution in [0.15, 0.2) is 41.1 Å². The first-order chi connectivity index (χ1) is 9.58. The predicted molar refractivity (Wildman–Crippen MR) is 70.5 cm³/mol. The van der Waals surface area contributed by atoms with Crippen molar-refractivity contribution in [3.05, 3.63) is 53.7 Å². The van der Waals surface area contributed by atoms with Gasteiger partial charge in [-0.2, -0.15) is 0 Å². The number of nitrogens with one attached hydrogen (secondary N) is 1. The lowest BCUT2D eigenvalue weighted by atomic mass is 10.1. The van der Waals surface area contributed by atoms with Gasteiger partial charge in [0.15, 0.2) is 0 Å². The molecule has 1 unspecified atom stereocenters. The SMILES string of the molecule is CC(Cc1ccco1)NC(=O)c1ncccc1C(=O)O. The average Bonchev–Trinajstić information content (AvgIpc) is 2.91. The molecule has 2 N–H and O–H groups in total. The minimum Gasteiger partial charge on any atom is -0.478 e. The molecule has 2 rings (SSSR count). The first-order valence-corrected chi connectivity index (χ1v) is 6.09. The van der Waals surface area contributed by atoms with Gasteiger partial charge in [-0.1, -0.05) is 0 Å². The van der Waals surface area contributed by atoms with Crippen molar-refractivity contribution in [1.29, 1.82) is 0 Å². The fourth-order valence-electron chi connectivity index (χ4n) is 1.83. The molecule has 0 aliphatic carbocycles. The molecule has 2 heterocycles. The van der Waals surface area contributed by atoms with Crippen LogP contribution in [0.3, 0.4) is 0 Å². The highest BCUT2D eigenvalue weighted by molar-refractivity contribution is 6.03. The molecule has 0 aliphatic heterocycles. The highest BCUT2D eigenvalue weighted by Crippen LogP contribution is 2.08. The minimum atomic E-state index is -1.18. The van der Waals surface area contributed by atoms with Crippen molar-refractivity contribution in [3.8, 4) is 0 Å². The van der Waals surface area contributed by atoms with E-state index in [2.05, 4.69) is 10.3 Å². The summed E-state index contributed by atoms with van der Waals surface area (Å²) in [5.74, 6) is -0.943. The smallest absolute Gasteiger partial charge is 0.338 e. The molecule has 6 nitrogen and oxygen atoms in total. The summed E-state index contributed by atoms with van der Waals surface area (Å²) in [6.07, 6.45) is 3.47. The topological polar surface area (TPSA) is 92.4 Å². The van der Waals surface area contributed by atoms with Crippen LogP contribution in [-0.2, 0) is 6.42 Å². The number of carboxylic acid groups (broad SMARTS) is 1. The molecule has 0 fully saturated rings. The maximum atomic E-state index is 12.0. The quantitative estimate of drug-likeness (QED) is 0.866. The maximum Gasteiger partial charge on any atom is 0.338 e. The van der Waals surface area contributed by atoms with E-state index in [0.29, 0.717) is 6.42 Å². The van der Waals surface area contributed by atoms with Crippen LogP contribution in [-0.4, -0.2) is 28.0 Å². The number of aromatic carboxylic acids is 1. The molecule has 0 saturated heterocycles. The van der Waals surface area contributed by atoms with Crippen LogP contribution in [0.25, 0.3) is 0 Å². The lowest BCUT2D eigenvalue weighted by molar-refractivity contribution is 0.0689. The molecule has 0 saturated carbocycles. The number of nitrogens with zero attached hydrogens (tertiary/aromatic N) is 1. The highest BCUT2D eigenvalue weighted by atomic mass is 16.4. The number of furan rings is 1. The number of carboxylic acids is 1. The molecule has 0 aliphatic rings. The van der Waals surface area contributed by atoms with Gasteiger partial charge in [-0.25, -0.2) is 4.79 Å². The number of amides is 1. The van der Waals surface area contributed by atoms with Gasteiger partial charge in [-0.3, -0.25) is 9.78 Å². The van der Waals surface area contributed by atoms with Crippen molar-refractivity contribution in [2.75, 3.05) is 0 Å². The molecule has 0 bridgehead atoms. The summed E-state index contributed by atoms with van der Waals surface area (Å²) < 4.78 is 5.19. The molecule has 1 atom stereocenters. The second-order valence-electron chi connectivity index (χ2n) is 4.36. The third kappa shape index (κ3) is 3.23. The van der Waals surface area contributed by atoms with Gasteiger partial charge in [0.25, 0.3) is 5.91 Å². The molecular formula is C14H14N2O4. The van der Waals surface area contributed by atoms with E-state index in [4.69, 9.17) is 9.52 Å². The van der Waals surface area contributed by atoms with Crippen LogP contribution in [0.1, 0.15) is 33.5 Å². The Morgan fingerprint density at radius 1 is 1.40 bits per heavy atom.